The fourth-order valence-corrected chi connectivity index (χ4v) is 3.61. The van der Waals surface area contributed by atoms with Crippen molar-refractivity contribution in [3.05, 3.63) is 35.4 Å². The Balaban J connectivity index is 1.80. The van der Waals surface area contributed by atoms with Crippen molar-refractivity contribution in [1.82, 2.24) is 20.0 Å². The maximum absolute atomic E-state index is 13.0. The number of rotatable bonds is 4. The van der Waals surface area contributed by atoms with E-state index in [1.807, 2.05) is 31.1 Å². The summed E-state index contributed by atoms with van der Waals surface area (Å²) >= 11 is 0. The van der Waals surface area contributed by atoms with E-state index in [-0.39, 0.29) is 24.9 Å². The van der Waals surface area contributed by atoms with E-state index in [1.165, 1.54) is 0 Å². The van der Waals surface area contributed by atoms with Gasteiger partial charge in [0.15, 0.2) is 0 Å². The summed E-state index contributed by atoms with van der Waals surface area (Å²) in [5.74, 6) is 0.0885. The molecule has 0 saturated carbocycles. The number of likely N-dealkylation sites (N-methyl/N-ethyl adjacent to an activating group) is 1. The van der Waals surface area contributed by atoms with Crippen LogP contribution in [0.1, 0.15) is 22.8 Å². The molecular formula is C18H24N4O3. The number of hydrogen-bond donors (Lipinski definition) is 1. The first-order valence-corrected chi connectivity index (χ1v) is 8.50. The Kier molecular flexibility index (Phi) is 4.76. The first kappa shape index (κ1) is 17.4. The van der Waals surface area contributed by atoms with Gasteiger partial charge < -0.3 is 15.1 Å². The number of urea groups is 1. The fraction of sp³-hybridized carbons (Fsp3) is 0.500. The van der Waals surface area contributed by atoms with Gasteiger partial charge in [-0.05, 0) is 31.6 Å². The SMILES string of the molecule is C[C@@H]1CN(C(=O)c2ccccc2CN2C(=O)CNC2=O)C[C@H]1N(C)C. The topological polar surface area (TPSA) is 73.0 Å². The predicted molar refractivity (Wildman–Crippen MR) is 92.9 cm³/mol. The quantitative estimate of drug-likeness (QED) is 0.819. The van der Waals surface area contributed by atoms with E-state index >= 15 is 0 Å². The van der Waals surface area contributed by atoms with Crippen LogP contribution >= 0.6 is 0 Å². The van der Waals surface area contributed by atoms with Crippen LogP contribution in [0.25, 0.3) is 0 Å². The zero-order valence-corrected chi connectivity index (χ0v) is 14.9. The number of likely N-dealkylation sites (tertiary alicyclic amines) is 1. The summed E-state index contributed by atoms with van der Waals surface area (Å²) in [4.78, 5) is 41.8. The summed E-state index contributed by atoms with van der Waals surface area (Å²) in [6.07, 6.45) is 0. The molecule has 3 rings (SSSR count). The molecule has 134 valence electrons. The molecule has 2 saturated heterocycles. The lowest BCUT2D eigenvalue weighted by atomic mass is 10.1. The highest BCUT2D eigenvalue weighted by atomic mass is 16.2. The van der Waals surface area contributed by atoms with Gasteiger partial charge >= 0.3 is 6.03 Å². The minimum Gasteiger partial charge on any atom is -0.337 e. The summed E-state index contributed by atoms with van der Waals surface area (Å²) in [6.45, 7) is 3.68. The fourth-order valence-electron chi connectivity index (χ4n) is 3.61. The highest BCUT2D eigenvalue weighted by molar-refractivity contribution is 6.02. The Bertz CT molecular complexity index is 687. The van der Waals surface area contributed by atoms with Crippen LogP contribution in [-0.2, 0) is 11.3 Å². The number of carbonyl (C=O) groups excluding carboxylic acids is 3. The lowest BCUT2D eigenvalue weighted by Gasteiger charge is -2.23. The molecule has 7 nitrogen and oxygen atoms in total. The van der Waals surface area contributed by atoms with Crippen molar-refractivity contribution >= 4 is 17.8 Å². The minimum atomic E-state index is -0.408. The van der Waals surface area contributed by atoms with E-state index in [0.29, 0.717) is 36.2 Å². The van der Waals surface area contributed by atoms with Gasteiger partial charge in [0.05, 0.1) is 13.1 Å². The summed E-state index contributed by atoms with van der Waals surface area (Å²) in [5, 5.41) is 2.50. The summed E-state index contributed by atoms with van der Waals surface area (Å²) < 4.78 is 0. The Morgan fingerprint density at radius 1 is 1.24 bits per heavy atom. The second-order valence-corrected chi connectivity index (χ2v) is 7.01. The first-order valence-electron chi connectivity index (χ1n) is 8.50. The molecule has 0 radical (unpaired) electrons. The minimum absolute atomic E-state index is 0.0170. The largest absolute Gasteiger partial charge is 0.337 e. The van der Waals surface area contributed by atoms with E-state index in [9.17, 15) is 14.4 Å². The van der Waals surface area contributed by atoms with E-state index in [2.05, 4.69) is 17.1 Å². The van der Waals surface area contributed by atoms with Gasteiger partial charge in [-0.25, -0.2) is 4.79 Å². The smallest absolute Gasteiger partial charge is 0.324 e. The maximum atomic E-state index is 13.0. The Labute approximate surface area is 147 Å². The third-order valence-electron chi connectivity index (χ3n) is 5.04. The second-order valence-electron chi connectivity index (χ2n) is 7.01. The van der Waals surface area contributed by atoms with Crippen molar-refractivity contribution < 1.29 is 14.4 Å². The van der Waals surface area contributed by atoms with Crippen molar-refractivity contribution in [2.45, 2.75) is 19.5 Å². The van der Waals surface area contributed by atoms with Crippen LogP contribution in [0.3, 0.4) is 0 Å². The van der Waals surface area contributed by atoms with Crippen LogP contribution in [0.5, 0.6) is 0 Å². The van der Waals surface area contributed by atoms with Crippen LogP contribution < -0.4 is 5.32 Å². The number of amides is 4. The molecule has 4 amide bonds. The molecule has 0 spiro atoms. The van der Waals surface area contributed by atoms with Gasteiger partial charge in [-0.3, -0.25) is 14.5 Å². The highest BCUT2D eigenvalue weighted by Gasteiger charge is 2.35. The van der Waals surface area contributed by atoms with Gasteiger partial charge in [0.1, 0.15) is 0 Å². The molecule has 1 aromatic carbocycles. The monoisotopic (exact) mass is 344 g/mol. The molecule has 2 atom stereocenters. The number of imide groups is 1. The van der Waals surface area contributed by atoms with Crippen molar-refractivity contribution in [3.63, 3.8) is 0 Å². The summed E-state index contributed by atoms with van der Waals surface area (Å²) in [7, 11) is 4.06. The average Bonchev–Trinajstić information content (AvgIpc) is 3.12. The van der Waals surface area contributed by atoms with Gasteiger partial charge in [-0.2, -0.15) is 0 Å². The molecule has 2 aliphatic rings. The summed E-state index contributed by atoms with van der Waals surface area (Å²) in [6, 6.07) is 7.13. The van der Waals surface area contributed by atoms with Crippen LogP contribution in [0.2, 0.25) is 0 Å². The molecule has 25 heavy (non-hydrogen) atoms. The van der Waals surface area contributed by atoms with Gasteiger partial charge in [-0.15, -0.1) is 0 Å². The highest BCUT2D eigenvalue weighted by Crippen LogP contribution is 2.23. The zero-order valence-electron chi connectivity index (χ0n) is 14.9. The molecule has 1 aromatic rings. The van der Waals surface area contributed by atoms with E-state index in [0.717, 1.165) is 4.90 Å². The van der Waals surface area contributed by atoms with Crippen molar-refractivity contribution in [3.8, 4) is 0 Å². The van der Waals surface area contributed by atoms with Crippen LogP contribution in [0.15, 0.2) is 24.3 Å². The Morgan fingerprint density at radius 3 is 2.56 bits per heavy atom. The van der Waals surface area contributed by atoms with Gasteiger partial charge in [0.2, 0.25) is 5.91 Å². The van der Waals surface area contributed by atoms with Crippen molar-refractivity contribution in [1.29, 1.82) is 0 Å². The van der Waals surface area contributed by atoms with Crippen LogP contribution in [0, 0.1) is 5.92 Å². The number of hydrogen-bond acceptors (Lipinski definition) is 4. The van der Waals surface area contributed by atoms with E-state index < -0.39 is 6.03 Å². The third-order valence-corrected chi connectivity index (χ3v) is 5.04. The third kappa shape index (κ3) is 3.37. The zero-order chi connectivity index (χ0) is 18.1. The molecule has 0 aliphatic carbocycles. The molecular weight excluding hydrogens is 320 g/mol. The van der Waals surface area contributed by atoms with E-state index in [4.69, 9.17) is 0 Å². The maximum Gasteiger partial charge on any atom is 0.324 e. The first-order chi connectivity index (χ1) is 11.9. The van der Waals surface area contributed by atoms with E-state index in [1.54, 1.807) is 12.1 Å². The summed E-state index contributed by atoms with van der Waals surface area (Å²) in [5.41, 5.74) is 1.25. The molecule has 2 heterocycles. The molecule has 2 fully saturated rings. The standard InChI is InChI=1S/C18H24N4O3/c1-12-9-21(11-15(12)20(2)3)17(24)14-7-5-4-6-13(14)10-22-16(23)8-19-18(22)25/h4-7,12,15H,8-11H2,1-3H3,(H,19,25)/t12-,15-/m1/s1. The van der Waals surface area contributed by atoms with Crippen molar-refractivity contribution in [2.24, 2.45) is 5.92 Å². The molecule has 2 aliphatic heterocycles. The second kappa shape index (κ2) is 6.84. The molecule has 0 unspecified atom stereocenters. The van der Waals surface area contributed by atoms with Gasteiger partial charge in [-0.1, -0.05) is 25.1 Å². The lowest BCUT2D eigenvalue weighted by molar-refractivity contribution is -0.125. The lowest BCUT2D eigenvalue weighted by Crippen LogP contribution is -2.36. The number of nitrogens with one attached hydrogen (secondary N) is 1. The molecule has 0 bridgehead atoms. The number of nitrogens with zero attached hydrogens (tertiary/aromatic N) is 3. The predicted octanol–water partition coefficient (Wildman–Crippen LogP) is 0.761. The van der Waals surface area contributed by atoms with Crippen molar-refractivity contribution in [2.75, 3.05) is 33.7 Å². The number of benzene rings is 1. The average molecular weight is 344 g/mol. The van der Waals surface area contributed by atoms with Gasteiger partial charge in [0, 0.05) is 24.7 Å². The van der Waals surface area contributed by atoms with Gasteiger partial charge in [0.25, 0.3) is 5.91 Å². The van der Waals surface area contributed by atoms with Crippen LogP contribution in [-0.4, -0.2) is 72.3 Å². The Morgan fingerprint density at radius 2 is 1.96 bits per heavy atom. The van der Waals surface area contributed by atoms with Crippen LogP contribution in [0.4, 0.5) is 4.79 Å². The number of carbonyl (C=O) groups is 3. The Hall–Kier alpha value is -2.41. The molecule has 0 aromatic heterocycles. The molecule has 1 N–H and O–H groups in total. The molecule has 7 heteroatoms. The normalized spacial score (nSPS) is 23.5.